The van der Waals surface area contributed by atoms with Crippen LogP contribution in [0.2, 0.25) is 0 Å². The van der Waals surface area contributed by atoms with Gasteiger partial charge < -0.3 is 9.32 Å². The Morgan fingerprint density at radius 3 is 1.63 bits per heavy atom. The number of benzene rings is 9. The highest BCUT2D eigenvalue weighted by atomic mass is 16.3. The predicted octanol–water partition coefficient (Wildman–Crippen LogP) is 15.4. The standard InChI is InChI=1S/C58H39NO/c1-57(2)45-23-8-5-19-43(45)54-49(57)27-14-29-51(54)59(37-34-32-36(33-35-37)38-21-13-22-42-41-18-7-12-31-53(41)60-56(38)42)52-30-15-28-50-55(52)44-20-6-11-26-48(44)58(50)46-24-9-3-16-39(46)40-17-4-10-25-47(40)58/h3-35H,1-2H3/i1D3,2D3,3D,4D,5D,6D,7D,8D,9D,10D,11D,12D,13D,14D,15D,16D,17D,18D,19D,20D,22D,23D,24D,25D,26D,27D,28D,29D,30D,31D,32D,33D,34D,35D. The van der Waals surface area contributed by atoms with Gasteiger partial charge in [0, 0.05) is 46.8 Å². The van der Waals surface area contributed by atoms with Crippen LogP contribution in [0.5, 0.6) is 0 Å². The van der Waals surface area contributed by atoms with Crippen molar-refractivity contribution in [2.75, 3.05) is 4.90 Å². The molecule has 0 bridgehead atoms. The van der Waals surface area contributed by atoms with Crippen LogP contribution in [-0.4, -0.2) is 0 Å². The Morgan fingerprint density at radius 2 is 0.950 bits per heavy atom. The van der Waals surface area contributed by atoms with Crippen LogP contribution in [0.3, 0.4) is 0 Å². The topological polar surface area (TPSA) is 16.4 Å². The number of anilines is 3. The van der Waals surface area contributed by atoms with Crippen molar-refractivity contribution in [1.29, 1.82) is 0 Å². The third kappa shape index (κ3) is 4.22. The molecule has 60 heavy (non-hydrogen) atoms. The Labute approximate surface area is 403 Å². The summed E-state index contributed by atoms with van der Waals surface area (Å²) >= 11 is 0. The van der Waals surface area contributed by atoms with E-state index in [2.05, 4.69) is 0 Å². The molecule has 0 atom stereocenters. The molecule has 0 aliphatic heterocycles. The minimum atomic E-state index is -4.14. The molecule has 3 aliphatic carbocycles. The van der Waals surface area contributed by atoms with Crippen LogP contribution in [0.15, 0.2) is 204 Å². The fourth-order valence-electron chi connectivity index (χ4n) is 8.63. The van der Waals surface area contributed by atoms with Gasteiger partial charge in [-0.2, -0.15) is 0 Å². The molecule has 0 radical (unpaired) electrons. The van der Waals surface area contributed by atoms with Gasteiger partial charge in [0.25, 0.3) is 0 Å². The number of rotatable bonds is 4. The van der Waals surface area contributed by atoms with Gasteiger partial charge in [0.05, 0.1) is 60.7 Å². The second-order valence-electron chi connectivity index (χ2n) is 13.8. The zero-order chi connectivity index (χ0) is 72.6. The summed E-state index contributed by atoms with van der Waals surface area (Å²) in [4.78, 5) is 0.257. The highest BCUT2D eigenvalue weighted by Crippen LogP contribution is 2.65. The summed E-state index contributed by atoms with van der Waals surface area (Å²) in [7, 11) is 0. The number of fused-ring (bicyclic) bond motifs is 16. The molecule has 1 heterocycles. The van der Waals surface area contributed by atoms with Gasteiger partial charge in [-0.05, 0) is 91.4 Å². The molecule has 2 nitrogen and oxygen atoms in total. The van der Waals surface area contributed by atoms with Gasteiger partial charge in [0.15, 0.2) is 0 Å². The fourth-order valence-corrected chi connectivity index (χ4v) is 8.63. The van der Waals surface area contributed by atoms with Crippen LogP contribution >= 0.6 is 0 Å². The van der Waals surface area contributed by atoms with Gasteiger partial charge in [0.1, 0.15) is 11.2 Å². The van der Waals surface area contributed by atoms with E-state index in [1.54, 1.807) is 0 Å². The molecule has 10 aromatic rings. The Morgan fingerprint density at radius 1 is 0.433 bits per heavy atom. The lowest BCUT2D eigenvalue weighted by Gasteiger charge is -2.32. The van der Waals surface area contributed by atoms with Gasteiger partial charge in [-0.25, -0.2) is 0 Å². The van der Waals surface area contributed by atoms with E-state index < -0.39 is 335 Å². The summed E-state index contributed by atoms with van der Waals surface area (Å²) in [5.41, 5.74) is -26.4. The normalized spacial score (nSPS) is 23.8. The van der Waals surface area contributed by atoms with E-state index in [4.69, 9.17) is 29.1 Å². The molecule has 0 saturated carbocycles. The van der Waals surface area contributed by atoms with Crippen molar-refractivity contribution in [2.45, 2.75) is 24.5 Å². The van der Waals surface area contributed by atoms with Crippen LogP contribution in [0.25, 0.3) is 66.4 Å². The summed E-state index contributed by atoms with van der Waals surface area (Å²) in [6.07, 6.45) is 0. The lowest BCUT2D eigenvalue weighted by Crippen LogP contribution is -2.26. The Bertz CT molecular complexity index is 5410. The minimum absolute atomic E-state index is 0.257. The van der Waals surface area contributed by atoms with Gasteiger partial charge in [-0.3, -0.25) is 0 Å². The SMILES string of the molecule is [2H]c1cc(-c2c([2H])c([2H])c(N(c3c([2H])c([2H])c([2H])c4c3-c3c([2H])c([2H])c([2H])c([2H])c3C43c4c([2H])c([2H])c([2H])c([2H])c4-c4c([2H])c([2H])c([2H])c([2H])c43)c3c([2H])c([2H])c([2H])c4c3-c3c([2H])c([2H])c([2H])c([2H])c3C4(C([2H])([2H])[2H])C([2H])([2H])[2H])c([2H])c2[2H])c2oc3c([2H])c([2H])c([2H])c([2H])c3c2c1[2H]. The highest BCUT2D eigenvalue weighted by molar-refractivity contribution is 6.10. The molecule has 9 aromatic carbocycles. The summed E-state index contributed by atoms with van der Waals surface area (Å²) < 4.78 is 363. The van der Waals surface area contributed by atoms with E-state index in [0.717, 1.165) is 6.07 Å². The molecule has 0 unspecified atom stereocenters. The van der Waals surface area contributed by atoms with E-state index >= 15 is 0 Å². The van der Waals surface area contributed by atoms with Crippen LogP contribution in [0, 0.1) is 0 Å². The van der Waals surface area contributed by atoms with Crippen LogP contribution in [0.1, 0.15) is 99.2 Å². The lowest BCUT2D eigenvalue weighted by atomic mass is 9.70. The van der Waals surface area contributed by atoms with Crippen LogP contribution in [-0.2, 0) is 10.8 Å². The van der Waals surface area contributed by atoms with Crippen molar-refractivity contribution in [1.82, 2.24) is 0 Å². The van der Waals surface area contributed by atoms with Gasteiger partial charge >= 0.3 is 0 Å². The van der Waals surface area contributed by atoms with Crippen molar-refractivity contribution >= 4 is 39.0 Å². The molecule has 0 amide bonds. The van der Waals surface area contributed by atoms with Crippen LogP contribution < -0.4 is 4.90 Å². The van der Waals surface area contributed by atoms with E-state index in [0.29, 0.717) is 0 Å². The molecule has 0 fully saturated rings. The smallest absolute Gasteiger partial charge is 0.143 e. The highest BCUT2D eigenvalue weighted by Gasteiger charge is 2.52. The van der Waals surface area contributed by atoms with E-state index in [1.165, 1.54) is 0 Å². The lowest BCUT2D eigenvalue weighted by molar-refractivity contribution is 0.660. The number of nitrogens with zero attached hydrogens (tertiary/aromatic N) is 1. The maximum Gasteiger partial charge on any atom is 0.143 e. The summed E-state index contributed by atoms with van der Waals surface area (Å²) in [6.45, 7) is -8.28. The first-order valence-corrected chi connectivity index (χ1v) is 17.9. The van der Waals surface area contributed by atoms with Gasteiger partial charge in [0.2, 0.25) is 0 Å². The van der Waals surface area contributed by atoms with Crippen molar-refractivity contribution in [3.63, 3.8) is 0 Å². The van der Waals surface area contributed by atoms with Crippen molar-refractivity contribution in [3.8, 4) is 44.5 Å². The van der Waals surface area contributed by atoms with Crippen LogP contribution in [0.4, 0.5) is 17.1 Å². The Kier molecular flexibility index (Phi) is 2.67. The zero-order valence-electron chi connectivity index (χ0n) is 67.9. The minimum Gasteiger partial charge on any atom is -0.455 e. The summed E-state index contributed by atoms with van der Waals surface area (Å²) in [6, 6.07) is -36.7. The van der Waals surface area contributed by atoms with E-state index in [-0.39, 0.29) is 4.90 Å². The molecule has 1 spiro atoms. The number of furan rings is 1. The quantitative estimate of drug-likeness (QED) is 0.176. The summed E-state index contributed by atoms with van der Waals surface area (Å²) in [5, 5.41) is -0.973. The third-order valence-electron chi connectivity index (χ3n) is 11.0. The molecule has 13 rings (SSSR count). The first kappa shape index (κ1) is 13.3. The number of hydrogen-bond acceptors (Lipinski definition) is 2. The third-order valence-corrected chi connectivity index (χ3v) is 11.0. The maximum atomic E-state index is 10.3. The molecule has 2 heteroatoms. The number of hydrogen-bond donors (Lipinski definition) is 0. The van der Waals surface area contributed by atoms with Gasteiger partial charge in [-0.1, -0.05) is 183 Å². The van der Waals surface area contributed by atoms with Gasteiger partial charge in [-0.15, -0.1) is 0 Å². The maximum absolute atomic E-state index is 10.3. The number of para-hydroxylation sites is 2. The predicted molar refractivity (Wildman–Crippen MR) is 248 cm³/mol. The molecule has 3 aliphatic rings. The molecule has 1 aromatic heterocycles. The van der Waals surface area contributed by atoms with E-state index in [1.807, 2.05) is 0 Å². The monoisotopic (exact) mass is 804 g/mol. The first-order valence-electron chi connectivity index (χ1n) is 36.9. The molecular formula is C58H39NO. The summed E-state index contributed by atoms with van der Waals surface area (Å²) in [5.74, 6) is 0. The second kappa shape index (κ2) is 12.1. The molecule has 0 N–H and O–H groups in total. The van der Waals surface area contributed by atoms with Crippen molar-refractivity contribution in [2.24, 2.45) is 0 Å². The fraction of sp³-hybridized carbons (Fsp3) is 0.0690. The molecule has 0 saturated heterocycles. The van der Waals surface area contributed by atoms with E-state index in [9.17, 15) is 27.4 Å². The molecule has 282 valence electrons. The first-order chi connectivity index (χ1) is 45.3. The van der Waals surface area contributed by atoms with Crippen molar-refractivity contribution in [3.05, 3.63) is 233 Å². The second-order valence-corrected chi connectivity index (χ2v) is 13.8. The Balaban J connectivity index is 1.34. The largest absolute Gasteiger partial charge is 0.455 e. The molecular weight excluding hydrogens is 727 g/mol. The average molecular weight is 804 g/mol. The Hall–Kier alpha value is -7.42. The zero-order valence-corrected chi connectivity index (χ0v) is 29.9. The van der Waals surface area contributed by atoms with Crippen molar-refractivity contribution < 1.29 is 56.5 Å². The average Bonchev–Trinajstić information content (AvgIpc) is 1.48.